The van der Waals surface area contributed by atoms with Crippen LogP contribution >= 0.6 is 0 Å². The Labute approximate surface area is 78.3 Å². The van der Waals surface area contributed by atoms with Crippen molar-refractivity contribution in [2.45, 2.75) is 19.3 Å². The SMILES string of the molecule is COCC(=O)NC(C)C(OC)OC. The van der Waals surface area contributed by atoms with E-state index in [1.54, 1.807) is 6.92 Å². The molecule has 1 N–H and O–H groups in total. The molecule has 0 radical (unpaired) electrons. The van der Waals surface area contributed by atoms with E-state index < -0.39 is 6.29 Å². The lowest BCUT2D eigenvalue weighted by atomic mass is 10.3. The molecule has 0 fully saturated rings. The topological polar surface area (TPSA) is 56.8 Å². The summed E-state index contributed by atoms with van der Waals surface area (Å²) in [7, 11) is 4.51. The molecule has 0 aliphatic rings. The minimum Gasteiger partial charge on any atom is -0.375 e. The molecule has 0 saturated heterocycles. The van der Waals surface area contributed by atoms with E-state index >= 15 is 0 Å². The molecule has 78 valence electrons. The maximum absolute atomic E-state index is 11.0. The molecule has 0 spiro atoms. The maximum atomic E-state index is 11.0. The van der Waals surface area contributed by atoms with Crippen LogP contribution in [0.1, 0.15) is 6.92 Å². The monoisotopic (exact) mass is 191 g/mol. The summed E-state index contributed by atoms with van der Waals surface area (Å²) in [5.74, 6) is -0.186. The lowest BCUT2D eigenvalue weighted by Crippen LogP contribution is -2.44. The van der Waals surface area contributed by atoms with Crippen LogP contribution in [0, 0.1) is 0 Å². The Hall–Kier alpha value is -0.650. The second-order valence-corrected chi connectivity index (χ2v) is 2.63. The van der Waals surface area contributed by atoms with Crippen LogP contribution in [0.5, 0.6) is 0 Å². The summed E-state index contributed by atoms with van der Waals surface area (Å²) in [5, 5.41) is 2.67. The molecule has 0 rings (SSSR count). The van der Waals surface area contributed by atoms with Crippen molar-refractivity contribution in [1.82, 2.24) is 5.32 Å². The number of hydrogen-bond acceptors (Lipinski definition) is 4. The van der Waals surface area contributed by atoms with Crippen molar-refractivity contribution in [2.24, 2.45) is 0 Å². The predicted molar refractivity (Wildman–Crippen MR) is 47.3 cm³/mol. The summed E-state index contributed by atoms with van der Waals surface area (Å²) in [6.45, 7) is 1.84. The van der Waals surface area contributed by atoms with Gasteiger partial charge >= 0.3 is 0 Å². The van der Waals surface area contributed by atoms with E-state index in [1.165, 1.54) is 21.3 Å². The molecule has 0 aromatic carbocycles. The van der Waals surface area contributed by atoms with Crippen LogP contribution in [-0.4, -0.2) is 46.2 Å². The zero-order chi connectivity index (χ0) is 10.3. The number of hydrogen-bond donors (Lipinski definition) is 1. The standard InChI is InChI=1S/C8H17NO4/c1-6(8(12-3)13-4)9-7(10)5-11-2/h6,8H,5H2,1-4H3,(H,9,10). The van der Waals surface area contributed by atoms with Crippen LogP contribution in [-0.2, 0) is 19.0 Å². The van der Waals surface area contributed by atoms with Gasteiger partial charge in [0.1, 0.15) is 6.61 Å². The van der Waals surface area contributed by atoms with Gasteiger partial charge in [-0.15, -0.1) is 0 Å². The maximum Gasteiger partial charge on any atom is 0.246 e. The molecule has 0 aliphatic carbocycles. The molecular weight excluding hydrogens is 174 g/mol. The summed E-state index contributed by atoms with van der Waals surface area (Å²) in [6, 6.07) is -0.197. The molecule has 0 saturated carbocycles. The molecule has 1 unspecified atom stereocenters. The molecule has 0 bridgehead atoms. The van der Waals surface area contributed by atoms with Crippen molar-refractivity contribution < 1.29 is 19.0 Å². The van der Waals surface area contributed by atoms with Gasteiger partial charge in [0.15, 0.2) is 6.29 Å². The van der Waals surface area contributed by atoms with Crippen molar-refractivity contribution >= 4 is 5.91 Å². The van der Waals surface area contributed by atoms with E-state index in [9.17, 15) is 4.79 Å². The Morgan fingerprint density at radius 3 is 2.23 bits per heavy atom. The quantitative estimate of drug-likeness (QED) is 0.588. The summed E-state index contributed by atoms with van der Waals surface area (Å²) in [4.78, 5) is 11.0. The first-order valence-corrected chi connectivity index (χ1v) is 3.99. The van der Waals surface area contributed by atoms with Crippen molar-refractivity contribution in [3.8, 4) is 0 Å². The molecule has 5 nitrogen and oxygen atoms in total. The summed E-state index contributed by atoms with van der Waals surface area (Å²) in [5.41, 5.74) is 0. The van der Waals surface area contributed by atoms with E-state index in [0.29, 0.717) is 0 Å². The van der Waals surface area contributed by atoms with Crippen LogP contribution in [0.2, 0.25) is 0 Å². The van der Waals surface area contributed by atoms with Gasteiger partial charge in [-0.1, -0.05) is 0 Å². The van der Waals surface area contributed by atoms with Crippen molar-refractivity contribution in [3.63, 3.8) is 0 Å². The highest BCUT2D eigenvalue weighted by Crippen LogP contribution is 1.97. The van der Waals surface area contributed by atoms with Gasteiger partial charge in [-0.05, 0) is 6.92 Å². The normalized spacial score (nSPS) is 13.0. The average molecular weight is 191 g/mol. The molecule has 5 heteroatoms. The number of amides is 1. The van der Waals surface area contributed by atoms with Crippen LogP contribution in [0.4, 0.5) is 0 Å². The molecular formula is C8H17NO4. The number of carbonyl (C=O) groups is 1. The van der Waals surface area contributed by atoms with Gasteiger partial charge in [0, 0.05) is 21.3 Å². The highest BCUT2D eigenvalue weighted by atomic mass is 16.7. The highest BCUT2D eigenvalue weighted by molar-refractivity contribution is 5.77. The molecule has 13 heavy (non-hydrogen) atoms. The number of methoxy groups -OCH3 is 3. The number of ether oxygens (including phenoxy) is 3. The minimum atomic E-state index is -0.430. The average Bonchev–Trinajstić information content (AvgIpc) is 2.06. The fourth-order valence-corrected chi connectivity index (χ4v) is 0.999. The Morgan fingerprint density at radius 1 is 1.31 bits per heavy atom. The summed E-state index contributed by atoms with van der Waals surface area (Å²) >= 11 is 0. The fraction of sp³-hybridized carbons (Fsp3) is 0.875. The highest BCUT2D eigenvalue weighted by Gasteiger charge is 2.17. The van der Waals surface area contributed by atoms with E-state index in [0.717, 1.165) is 0 Å². The third-order valence-corrected chi connectivity index (χ3v) is 1.54. The lowest BCUT2D eigenvalue weighted by molar-refractivity contribution is -0.138. The second kappa shape index (κ2) is 6.82. The molecule has 0 aromatic heterocycles. The van der Waals surface area contributed by atoms with E-state index in [-0.39, 0.29) is 18.6 Å². The fourth-order valence-electron chi connectivity index (χ4n) is 0.999. The first-order chi connectivity index (χ1) is 6.15. The summed E-state index contributed by atoms with van der Waals surface area (Å²) in [6.07, 6.45) is -0.430. The van der Waals surface area contributed by atoms with Gasteiger partial charge in [-0.2, -0.15) is 0 Å². The van der Waals surface area contributed by atoms with Crippen LogP contribution in [0.25, 0.3) is 0 Å². The van der Waals surface area contributed by atoms with Gasteiger partial charge in [0.25, 0.3) is 0 Å². The Balaban J connectivity index is 3.82. The Bertz CT molecular complexity index is 147. The molecule has 0 aromatic rings. The van der Waals surface area contributed by atoms with Crippen LogP contribution < -0.4 is 5.32 Å². The van der Waals surface area contributed by atoms with Gasteiger partial charge < -0.3 is 19.5 Å². The lowest BCUT2D eigenvalue weighted by Gasteiger charge is -2.21. The first kappa shape index (κ1) is 12.3. The van der Waals surface area contributed by atoms with Gasteiger partial charge in [0.2, 0.25) is 5.91 Å². The van der Waals surface area contributed by atoms with Crippen molar-refractivity contribution in [1.29, 1.82) is 0 Å². The molecule has 1 amide bonds. The van der Waals surface area contributed by atoms with Gasteiger partial charge in [-0.3, -0.25) is 4.79 Å². The Morgan fingerprint density at radius 2 is 1.85 bits per heavy atom. The molecule has 0 heterocycles. The zero-order valence-electron chi connectivity index (χ0n) is 8.49. The first-order valence-electron chi connectivity index (χ1n) is 3.99. The van der Waals surface area contributed by atoms with E-state index in [2.05, 4.69) is 10.1 Å². The van der Waals surface area contributed by atoms with E-state index in [1.807, 2.05) is 0 Å². The third-order valence-electron chi connectivity index (χ3n) is 1.54. The third kappa shape index (κ3) is 4.82. The largest absolute Gasteiger partial charge is 0.375 e. The molecule has 1 atom stereocenters. The number of carbonyl (C=O) groups excluding carboxylic acids is 1. The van der Waals surface area contributed by atoms with Gasteiger partial charge in [0.05, 0.1) is 6.04 Å². The van der Waals surface area contributed by atoms with E-state index in [4.69, 9.17) is 9.47 Å². The summed E-state index contributed by atoms with van der Waals surface area (Å²) < 4.78 is 14.6. The zero-order valence-corrected chi connectivity index (χ0v) is 8.49. The number of nitrogens with one attached hydrogen (secondary N) is 1. The van der Waals surface area contributed by atoms with Crippen LogP contribution in [0.3, 0.4) is 0 Å². The van der Waals surface area contributed by atoms with Crippen molar-refractivity contribution in [2.75, 3.05) is 27.9 Å². The molecule has 0 aliphatic heterocycles. The van der Waals surface area contributed by atoms with Crippen LogP contribution in [0.15, 0.2) is 0 Å². The smallest absolute Gasteiger partial charge is 0.246 e. The minimum absolute atomic E-state index is 0.0461. The van der Waals surface area contributed by atoms with Gasteiger partial charge in [-0.25, -0.2) is 0 Å². The predicted octanol–water partition coefficient (Wildman–Crippen LogP) is -0.244. The van der Waals surface area contributed by atoms with Crippen molar-refractivity contribution in [3.05, 3.63) is 0 Å². The second-order valence-electron chi connectivity index (χ2n) is 2.63. The number of rotatable bonds is 6. The Kier molecular flexibility index (Phi) is 6.48.